The van der Waals surface area contributed by atoms with Gasteiger partial charge in [-0.25, -0.2) is 4.39 Å². The van der Waals surface area contributed by atoms with Gasteiger partial charge >= 0.3 is 0 Å². The Morgan fingerprint density at radius 1 is 1.24 bits per heavy atom. The molecule has 0 heterocycles. The van der Waals surface area contributed by atoms with Gasteiger partial charge in [0.05, 0.1) is 6.21 Å². The van der Waals surface area contributed by atoms with Crippen molar-refractivity contribution >= 4 is 6.21 Å². The molecule has 17 heavy (non-hydrogen) atoms. The number of halogens is 1. The molecule has 0 atom stereocenters. The molecule has 0 unspecified atom stereocenters. The topological polar surface area (TPSA) is 21.6 Å². The molecule has 90 valence electrons. The third-order valence-electron chi connectivity index (χ3n) is 2.76. The van der Waals surface area contributed by atoms with Crippen LogP contribution in [-0.4, -0.2) is 6.21 Å². The second kappa shape index (κ2) is 6.18. The fraction of sp³-hybridized carbons (Fsp3) is 0.357. The van der Waals surface area contributed by atoms with Crippen LogP contribution in [0.4, 0.5) is 4.39 Å². The van der Waals surface area contributed by atoms with E-state index in [1.165, 1.54) is 30.5 Å². The molecule has 3 heteroatoms. The maximum atomic E-state index is 12.6. The van der Waals surface area contributed by atoms with Crippen molar-refractivity contribution in [3.05, 3.63) is 47.3 Å². The number of rotatable bonds is 4. The third-order valence-corrected chi connectivity index (χ3v) is 2.76. The van der Waals surface area contributed by atoms with Crippen LogP contribution in [0.25, 0.3) is 0 Å². The first-order valence-electron chi connectivity index (χ1n) is 5.93. The van der Waals surface area contributed by atoms with Gasteiger partial charge in [-0.3, -0.25) is 0 Å². The molecule has 1 aromatic carbocycles. The number of hydrogen-bond donors (Lipinski definition) is 0. The lowest BCUT2D eigenvalue weighted by molar-refractivity contribution is 0.132. The summed E-state index contributed by atoms with van der Waals surface area (Å²) in [6.07, 6.45) is 8.71. The Kier molecular flexibility index (Phi) is 4.30. The van der Waals surface area contributed by atoms with Gasteiger partial charge in [-0.15, -0.1) is 0 Å². The van der Waals surface area contributed by atoms with Crippen molar-refractivity contribution in [3.8, 4) is 0 Å². The van der Waals surface area contributed by atoms with Gasteiger partial charge < -0.3 is 4.84 Å². The van der Waals surface area contributed by atoms with E-state index in [-0.39, 0.29) is 5.82 Å². The van der Waals surface area contributed by atoms with Crippen LogP contribution in [0, 0.1) is 5.82 Å². The van der Waals surface area contributed by atoms with Gasteiger partial charge in [-0.2, -0.15) is 0 Å². The lowest BCUT2D eigenvalue weighted by atomic mass is 10.0. The standard InChI is InChI=1S/C14H16FNO/c15-14-8-6-13(7-9-14)11-17-16-10-12-4-2-1-3-5-12/h4,6-10H,1-3,5,11H2. The predicted octanol–water partition coefficient (Wildman–Crippen LogP) is 3.83. The lowest BCUT2D eigenvalue weighted by Crippen LogP contribution is -1.94. The summed E-state index contributed by atoms with van der Waals surface area (Å²) >= 11 is 0. The van der Waals surface area contributed by atoms with Gasteiger partial charge in [0.15, 0.2) is 0 Å². The van der Waals surface area contributed by atoms with Crippen LogP contribution in [-0.2, 0) is 11.4 Å². The van der Waals surface area contributed by atoms with Crippen molar-refractivity contribution < 1.29 is 9.23 Å². The Hall–Kier alpha value is -1.64. The van der Waals surface area contributed by atoms with Crippen LogP contribution in [0.2, 0.25) is 0 Å². The highest BCUT2D eigenvalue weighted by Gasteiger charge is 2.00. The highest BCUT2D eigenvalue weighted by Crippen LogP contribution is 2.15. The highest BCUT2D eigenvalue weighted by molar-refractivity contribution is 5.78. The quantitative estimate of drug-likeness (QED) is 0.572. The molecule has 0 spiro atoms. The Bertz CT molecular complexity index is 409. The van der Waals surface area contributed by atoms with Crippen LogP contribution in [0.3, 0.4) is 0 Å². The molecule has 1 aromatic rings. The molecule has 0 bridgehead atoms. The van der Waals surface area contributed by atoms with Crippen LogP contribution in [0.1, 0.15) is 31.2 Å². The number of benzene rings is 1. The van der Waals surface area contributed by atoms with E-state index in [4.69, 9.17) is 4.84 Å². The maximum Gasteiger partial charge on any atom is 0.142 e. The van der Waals surface area contributed by atoms with E-state index in [9.17, 15) is 4.39 Å². The zero-order valence-corrected chi connectivity index (χ0v) is 9.73. The Morgan fingerprint density at radius 3 is 2.76 bits per heavy atom. The van der Waals surface area contributed by atoms with Crippen molar-refractivity contribution in [2.45, 2.75) is 32.3 Å². The average molecular weight is 233 g/mol. The van der Waals surface area contributed by atoms with E-state index in [1.807, 2.05) is 0 Å². The largest absolute Gasteiger partial charge is 0.391 e. The van der Waals surface area contributed by atoms with Gasteiger partial charge in [0, 0.05) is 0 Å². The molecule has 0 aliphatic heterocycles. The number of oxime groups is 1. The predicted molar refractivity (Wildman–Crippen MR) is 66.2 cm³/mol. The minimum atomic E-state index is -0.232. The molecule has 0 saturated heterocycles. The van der Waals surface area contributed by atoms with Crippen molar-refractivity contribution in [1.29, 1.82) is 0 Å². The molecule has 0 amide bonds. The van der Waals surface area contributed by atoms with Gasteiger partial charge in [0.1, 0.15) is 12.4 Å². The van der Waals surface area contributed by atoms with Gasteiger partial charge in [0.2, 0.25) is 0 Å². The summed E-state index contributed by atoms with van der Waals surface area (Å²) in [5.41, 5.74) is 2.16. The Balaban J connectivity index is 1.77. The second-order valence-electron chi connectivity index (χ2n) is 4.16. The first-order valence-corrected chi connectivity index (χ1v) is 5.93. The van der Waals surface area contributed by atoms with Crippen LogP contribution >= 0.6 is 0 Å². The molecule has 0 fully saturated rings. The summed E-state index contributed by atoms with van der Waals surface area (Å²) in [7, 11) is 0. The molecule has 0 saturated carbocycles. The Labute approximate surface area is 101 Å². The minimum Gasteiger partial charge on any atom is -0.391 e. The summed E-state index contributed by atoms with van der Waals surface area (Å²) in [5, 5.41) is 3.93. The summed E-state index contributed by atoms with van der Waals surface area (Å²) in [5.74, 6) is -0.232. The van der Waals surface area contributed by atoms with Crippen LogP contribution < -0.4 is 0 Å². The molecule has 2 nitrogen and oxygen atoms in total. The van der Waals surface area contributed by atoms with E-state index in [0.29, 0.717) is 6.61 Å². The fourth-order valence-electron chi connectivity index (χ4n) is 1.78. The molecular formula is C14H16FNO. The Morgan fingerprint density at radius 2 is 2.06 bits per heavy atom. The van der Waals surface area contributed by atoms with E-state index in [1.54, 1.807) is 18.3 Å². The van der Waals surface area contributed by atoms with E-state index >= 15 is 0 Å². The maximum absolute atomic E-state index is 12.6. The van der Waals surface area contributed by atoms with Crippen molar-refractivity contribution in [2.24, 2.45) is 5.16 Å². The normalized spacial score (nSPS) is 15.9. The SMILES string of the molecule is Fc1ccc(CON=CC2=CCCCC2)cc1. The van der Waals surface area contributed by atoms with Crippen molar-refractivity contribution in [3.63, 3.8) is 0 Å². The summed E-state index contributed by atoms with van der Waals surface area (Å²) in [6, 6.07) is 6.24. The first-order chi connectivity index (χ1) is 8.34. The zero-order chi connectivity index (χ0) is 11.9. The molecular weight excluding hydrogens is 217 g/mol. The fourth-order valence-corrected chi connectivity index (χ4v) is 1.78. The smallest absolute Gasteiger partial charge is 0.142 e. The summed E-state index contributed by atoms with van der Waals surface area (Å²) in [4.78, 5) is 5.17. The number of allylic oxidation sites excluding steroid dienone is 2. The zero-order valence-electron chi connectivity index (χ0n) is 9.73. The lowest BCUT2D eigenvalue weighted by Gasteiger charge is -2.07. The summed E-state index contributed by atoms with van der Waals surface area (Å²) in [6.45, 7) is 0.379. The number of hydrogen-bond acceptors (Lipinski definition) is 2. The van der Waals surface area contributed by atoms with Crippen molar-refractivity contribution in [2.75, 3.05) is 0 Å². The van der Waals surface area contributed by atoms with E-state index in [0.717, 1.165) is 18.4 Å². The van der Waals surface area contributed by atoms with Crippen LogP contribution in [0.5, 0.6) is 0 Å². The average Bonchev–Trinajstić information content (AvgIpc) is 2.38. The monoisotopic (exact) mass is 233 g/mol. The van der Waals surface area contributed by atoms with Gasteiger partial charge in [0.25, 0.3) is 0 Å². The van der Waals surface area contributed by atoms with E-state index < -0.39 is 0 Å². The first kappa shape index (κ1) is 11.8. The second-order valence-corrected chi connectivity index (χ2v) is 4.16. The molecule has 0 aromatic heterocycles. The van der Waals surface area contributed by atoms with Crippen LogP contribution in [0.15, 0.2) is 41.1 Å². The van der Waals surface area contributed by atoms with Gasteiger partial charge in [-0.05, 0) is 49.0 Å². The van der Waals surface area contributed by atoms with Gasteiger partial charge in [-0.1, -0.05) is 23.4 Å². The minimum absolute atomic E-state index is 0.232. The molecule has 0 radical (unpaired) electrons. The van der Waals surface area contributed by atoms with Crippen molar-refractivity contribution in [1.82, 2.24) is 0 Å². The molecule has 2 rings (SSSR count). The molecule has 1 aliphatic rings. The molecule has 1 aliphatic carbocycles. The highest BCUT2D eigenvalue weighted by atomic mass is 19.1. The number of nitrogens with zero attached hydrogens (tertiary/aromatic N) is 1. The summed E-state index contributed by atoms with van der Waals surface area (Å²) < 4.78 is 12.6. The molecule has 0 N–H and O–H groups in total. The van der Waals surface area contributed by atoms with E-state index in [2.05, 4.69) is 11.2 Å². The third kappa shape index (κ3) is 4.02.